The van der Waals surface area contributed by atoms with E-state index in [2.05, 4.69) is 9.97 Å². The Hall–Kier alpha value is -5.39. The number of carbonyl (C=O) groups is 3. The third-order valence-electron chi connectivity index (χ3n) is 5.79. The van der Waals surface area contributed by atoms with Gasteiger partial charge >= 0.3 is 17.9 Å². The van der Waals surface area contributed by atoms with E-state index in [0.29, 0.717) is 16.6 Å². The summed E-state index contributed by atoms with van der Waals surface area (Å²) in [5.41, 5.74) is 6.31. The molecule has 37 heavy (non-hydrogen) atoms. The number of nitrogens with one attached hydrogen (secondary N) is 2. The number of nitrogens with zero attached hydrogens (tertiary/aromatic N) is 1. The molecule has 9 N–H and O–H groups in total. The molecule has 0 saturated carbocycles. The number of carboxylic acid groups (broad SMARTS) is 3. The first-order valence-electron chi connectivity index (χ1n) is 10.7. The van der Waals surface area contributed by atoms with Gasteiger partial charge in [-0.25, -0.2) is 9.78 Å². The Morgan fingerprint density at radius 1 is 0.919 bits per heavy atom. The first-order valence-corrected chi connectivity index (χ1v) is 10.7. The number of aliphatic carboxylic acids is 2. The third-order valence-corrected chi connectivity index (χ3v) is 5.79. The van der Waals surface area contributed by atoms with Crippen molar-refractivity contribution < 1.29 is 39.9 Å². The van der Waals surface area contributed by atoms with Crippen molar-refractivity contribution in [1.82, 2.24) is 9.97 Å². The van der Waals surface area contributed by atoms with Crippen LogP contribution in [0.15, 0.2) is 48.5 Å². The van der Waals surface area contributed by atoms with Crippen LogP contribution in [-0.2, 0) is 9.59 Å². The summed E-state index contributed by atoms with van der Waals surface area (Å²) in [6.07, 6.45) is -0.776. The minimum absolute atomic E-state index is 0.0233. The van der Waals surface area contributed by atoms with Gasteiger partial charge < -0.3 is 36.3 Å². The normalized spacial score (nSPS) is 11.8. The molecule has 0 fully saturated rings. The van der Waals surface area contributed by atoms with Gasteiger partial charge in [-0.2, -0.15) is 0 Å². The topological polar surface area (TPSA) is 231 Å². The number of aromatic amines is 1. The van der Waals surface area contributed by atoms with Crippen molar-refractivity contribution in [3.05, 3.63) is 65.2 Å². The van der Waals surface area contributed by atoms with Crippen LogP contribution in [-0.4, -0.2) is 59.2 Å². The molecular formula is C25H20N4O8. The van der Waals surface area contributed by atoms with Gasteiger partial charge in [0, 0.05) is 16.7 Å². The minimum Gasteiger partial charge on any atom is -0.507 e. The molecule has 0 aliphatic rings. The Morgan fingerprint density at radius 2 is 1.59 bits per heavy atom. The summed E-state index contributed by atoms with van der Waals surface area (Å²) >= 11 is 0. The van der Waals surface area contributed by atoms with Gasteiger partial charge in [0.1, 0.15) is 23.2 Å². The highest BCUT2D eigenvalue weighted by Gasteiger charge is 2.27. The molecule has 0 radical (unpaired) electrons. The summed E-state index contributed by atoms with van der Waals surface area (Å²) in [7, 11) is 0. The standard InChI is InChI=1S/C25H20N4O8/c26-22(27)10-1-3-17-18(8-10)29-23(28-17)16-7-12(13(25(36)37)9-20(31)32)6-15(21(16)33)14-5-11(24(34)35)2-4-19(14)30/h1-8,13,30,33H,9H2,(H3,26,27)(H,28,29)(H,31,32)(H,34,35)(H,36,37). The molecule has 0 amide bonds. The summed E-state index contributed by atoms with van der Waals surface area (Å²) in [6, 6.07) is 10.5. The smallest absolute Gasteiger partial charge is 0.335 e. The zero-order valence-corrected chi connectivity index (χ0v) is 18.9. The van der Waals surface area contributed by atoms with E-state index in [-0.39, 0.29) is 39.5 Å². The number of nitrogen functional groups attached to an aromatic ring is 1. The number of phenolic OH excluding ortho intramolecular Hbond substituents is 2. The van der Waals surface area contributed by atoms with Gasteiger partial charge in [0.25, 0.3) is 0 Å². The monoisotopic (exact) mass is 504 g/mol. The highest BCUT2D eigenvalue weighted by Crippen LogP contribution is 2.44. The number of carboxylic acids is 3. The van der Waals surface area contributed by atoms with Crippen LogP contribution in [0.4, 0.5) is 0 Å². The van der Waals surface area contributed by atoms with E-state index in [0.717, 1.165) is 18.2 Å². The second-order valence-electron chi connectivity index (χ2n) is 8.22. The summed E-state index contributed by atoms with van der Waals surface area (Å²) in [5, 5.41) is 57.7. The fraction of sp³-hybridized carbons (Fsp3) is 0.0800. The van der Waals surface area contributed by atoms with E-state index in [1.807, 2.05) is 0 Å². The molecule has 4 aromatic rings. The number of imidazole rings is 1. The maximum absolute atomic E-state index is 12.0. The Bertz CT molecular complexity index is 1610. The highest BCUT2D eigenvalue weighted by molar-refractivity contribution is 5.98. The highest BCUT2D eigenvalue weighted by atomic mass is 16.4. The molecule has 4 rings (SSSR count). The zero-order valence-electron chi connectivity index (χ0n) is 18.9. The maximum Gasteiger partial charge on any atom is 0.335 e. The molecule has 0 saturated heterocycles. The minimum atomic E-state index is -1.53. The molecule has 0 spiro atoms. The molecule has 1 unspecified atom stereocenters. The third kappa shape index (κ3) is 4.75. The molecule has 1 atom stereocenters. The Labute approximate surface area is 207 Å². The lowest BCUT2D eigenvalue weighted by atomic mass is 9.89. The molecular weight excluding hydrogens is 484 g/mol. The quantitative estimate of drug-likeness (QED) is 0.129. The van der Waals surface area contributed by atoms with Gasteiger partial charge in [-0.3, -0.25) is 15.0 Å². The average Bonchev–Trinajstić information content (AvgIpc) is 3.26. The van der Waals surface area contributed by atoms with Gasteiger partial charge in [0.15, 0.2) is 0 Å². The van der Waals surface area contributed by atoms with E-state index in [9.17, 15) is 39.9 Å². The second-order valence-corrected chi connectivity index (χ2v) is 8.22. The summed E-state index contributed by atoms with van der Waals surface area (Å²) in [6.45, 7) is 0. The van der Waals surface area contributed by atoms with Gasteiger partial charge in [-0.1, -0.05) is 0 Å². The van der Waals surface area contributed by atoms with Crippen molar-refractivity contribution in [3.8, 4) is 34.0 Å². The van der Waals surface area contributed by atoms with Crippen LogP contribution in [0, 0.1) is 5.41 Å². The van der Waals surface area contributed by atoms with Crippen molar-refractivity contribution in [2.45, 2.75) is 12.3 Å². The van der Waals surface area contributed by atoms with Crippen molar-refractivity contribution in [1.29, 1.82) is 5.41 Å². The van der Waals surface area contributed by atoms with Crippen LogP contribution in [0.25, 0.3) is 33.5 Å². The molecule has 0 bridgehead atoms. The van der Waals surface area contributed by atoms with Crippen LogP contribution < -0.4 is 5.73 Å². The fourth-order valence-corrected chi connectivity index (χ4v) is 3.95. The number of benzene rings is 3. The zero-order chi connectivity index (χ0) is 27.0. The van der Waals surface area contributed by atoms with Gasteiger partial charge in [0.05, 0.1) is 34.5 Å². The molecule has 0 aliphatic carbocycles. The van der Waals surface area contributed by atoms with Crippen LogP contribution >= 0.6 is 0 Å². The molecule has 12 nitrogen and oxygen atoms in total. The van der Waals surface area contributed by atoms with Crippen LogP contribution in [0.5, 0.6) is 11.5 Å². The predicted octanol–water partition coefficient (Wildman–Crippen LogP) is 2.93. The van der Waals surface area contributed by atoms with Crippen LogP contribution in [0.2, 0.25) is 0 Å². The molecule has 12 heteroatoms. The Morgan fingerprint density at radius 3 is 2.22 bits per heavy atom. The SMILES string of the molecule is N=C(N)c1ccc2[nH]c(-c3cc(C(CC(=O)O)C(=O)O)cc(-c4cc(C(=O)O)ccc4O)c3O)nc2c1. The van der Waals surface area contributed by atoms with Crippen molar-refractivity contribution in [2.24, 2.45) is 5.73 Å². The predicted molar refractivity (Wildman–Crippen MR) is 131 cm³/mol. The Balaban J connectivity index is 2.01. The number of nitrogens with two attached hydrogens (primary N) is 1. The first-order chi connectivity index (χ1) is 17.5. The molecule has 0 aliphatic heterocycles. The number of H-pyrrole nitrogens is 1. The molecule has 3 aromatic carbocycles. The Kier molecular flexibility index (Phi) is 6.24. The average molecular weight is 504 g/mol. The number of phenols is 2. The van der Waals surface area contributed by atoms with Crippen LogP contribution in [0.3, 0.4) is 0 Å². The van der Waals surface area contributed by atoms with E-state index in [4.69, 9.17) is 11.1 Å². The number of fused-ring (bicyclic) bond motifs is 1. The summed E-state index contributed by atoms with van der Waals surface area (Å²) in [4.78, 5) is 42.2. The molecule has 188 valence electrons. The number of aromatic nitrogens is 2. The summed E-state index contributed by atoms with van der Waals surface area (Å²) in [5.74, 6) is -6.63. The summed E-state index contributed by atoms with van der Waals surface area (Å²) < 4.78 is 0. The van der Waals surface area contributed by atoms with Gasteiger partial charge in [-0.15, -0.1) is 0 Å². The van der Waals surface area contributed by atoms with E-state index in [1.165, 1.54) is 18.2 Å². The van der Waals surface area contributed by atoms with Gasteiger partial charge in [-0.05, 0) is 54.1 Å². The molecule has 1 aromatic heterocycles. The number of aromatic carboxylic acids is 1. The van der Waals surface area contributed by atoms with Crippen molar-refractivity contribution >= 4 is 34.8 Å². The number of hydrogen-bond acceptors (Lipinski definition) is 7. The fourth-order valence-electron chi connectivity index (χ4n) is 3.95. The lowest BCUT2D eigenvalue weighted by molar-refractivity contribution is -0.145. The van der Waals surface area contributed by atoms with Gasteiger partial charge in [0.2, 0.25) is 0 Å². The van der Waals surface area contributed by atoms with E-state index < -0.39 is 41.7 Å². The van der Waals surface area contributed by atoms with Crippen LogP contribution in [0.1, 0.15) is 33.8 Å². The van der Waals surface area contributed by atoms with E-state index >= 15 is 0 Å². The van der Waals surface area contributed by atoms with Crippen molar-refractivity contribution in [3.63, 3.8) is 0 Å². The first kappa shape index (κ1) is 24.7. The maximum atomic E-state index is 12.0. The number of aromatic hydroxyl groups is 2. The van der Waals surface area contributed by atoms with E-state index in [1.54, 1.807) is 12.1 Å². The number of hydrogen-bond donors (Lipinski definition) is 8. The van der Waals surface area contributed by atoms with Crippen molar-refractivity contribution in [2.75, 3.05) is 0 Å². The molecule has 1 heterocycles. The number of amidine groups is 1. The second kappa shape index (κ2) is 9.34. The number of rotatable bonds is 8. The lowest BCUT2D eigenvalue weighted by Crippen LogP contribution is -2.16. The largest absolute Gasteiger partial charge is 0.507 e. The lowest BCUT2D eigenvalue weighted by Gasteiger charge is -2.17.